The van der Waals surface area contributed by atoms with Crippen molar-refractivity contribution in [2.24, 2.45) is 0 Å². The summed E-state index contributed by atoms with van der Waals surface area (Å²) in [5.74, 6) is 1.34. The average molecular weight is 401 g/mol. The first-order chi connectivity index (χ1) is 14.3. The first-order valence-electron chi connectivity index (χ1n) is 9.50. The lowest BCUT2D eigenvalue weighted by atomic mass is 10.1. The first-order valence-corrected chi connectivity index (χ1v) is 10.6. The molecule has 1 saturated heterocycles. The van der Waals surface area contributed by atoms with Crippen LogP contribution in [0.3, 0.4) is 0 Å². The van der Waals surface area contributed by atoms with Crippen molar-refractivity contribution < 1.29 is 9.53 Å². The predicted molar refractivity (Wildman–Crippen MR) is 119 cm³/mol. The second kappa shape index (κ2) is 7.33. The highest BCUT2D eigenvalue weighted by Crippen LogP contribution is 2.49. The molecular weight excluding hydrogens is 380 g/mol. The van der Waals surface area contributed by atoms with Gasteiger partial charge in [0.15, 0.2) is 0 Å². The number of nitrogens with one attached hydrogen (secondary N) is 1. The largest absolute Gasteiger partial charge is 0.496 e. The fourth-order valence-corrected chi connectivity index (χ4v) is 5.14. The first kappa shape index (κ1) is 17.9. The number of rotatable bonds is 4. The average Bonchev–Trinajstić information content (AvgIpc) is 3.34. The van der Waals surface area contributed by atoms with Crippen molar-refractivity contribution >= 4 is 34.3 Å². The summed E-state index contributed by atoms with van der Waals surface area (Å²) in [4.78, 5) is 18.6. The third-order valence-electron chi connectivity index (χ3n) is 5.25. The number of para-hydroxylation sites is 2. The molecule has 1 aliphatic heterocycles. The quantitative estimate of drug-likeness (QED) is 0.483. The summed E-state index contributed by atoms with van der Waals surface area (Å²) in [6.07, 6.45) is 0. The normalized spacial score (nSPS) is 16.5. The second-order valence-corrected chi connectivity index (χ2v) is 8.00. The van der Waals surface area contributed by atoms with Gasteiger partial charge in [0, 0.05) is 22.0 Å². The van der Waals surface area contributed by atoms with Crippen molar-refractivity contribution in [2.45, 2.75) is 5.37 Å². The molecule has 2 heterocycles. The molecule has 1 aromatic heterocycles. The third-order valence-corrected chi connectivity index (χ3v) is 6.45. The van der Waals surface area contributed by atoms with Crippen LogP contribution in [-0.2, 0) is 4.79 Å². The summed E-state index contributed by atoms with van der Waals surface area (Å²) < 4.78 is 5.60. The van der Waals surface area contributed by atoms with E-state index < -0.39 is 0 Å². The van der Waals surface area contributed by atoms with Gasteiger partial charge in [0.05, 0.1) is 24.2 Å². The van der Waals surface area contributed by atoms with Gasteiger partial charge in [-0.2, -0.15) is 0 Å². The molecule has 29 heavy (non-hydrogen) atoms. The molecule has 5 rings (SSSR count). The molecule has 5 heteroatoms. The number of nitrogens with zero attached hydrogens (tertiary/aromatic N) is 1. The summed E-state index contributed by atoms with van der Waals surface area (Å²) >= 11 is 1.63. The summed E-state index contributed by atoms with van der Waals surface area (Å²) in [6, 6.07) is 26.3. The van der Waals surface area contributed by atoms with E-state index in [1.807, 2.05) is 59.5 Å². The van der Waals surface area contributed by atoms with Crippen molar-refractivity contribution in [3.63, 3.8) is 0 Å². The summed E-state index contributed by atoms with van der Waals surface area (Å²) in [5, 5.41) is 0.905. The Hall–Kier alpha value is -3.18. The number of hydrogen-bond donors (Lipinski definition) is 1. The maximum atomic E-state index is 13.1. The minimum Gasteiger partial charge on any atom is -0.496 e. The van der Waals surface area contributed by atoms with Gasteiger partial charge in [-0.3, -0.25) is 9.69 Å². The number of H-pyrrole nitrogens is 1. The van der Waals surface area contributed by atoms with Gasteiger partial charge in [-0.25, -0.2) is 0 Å². The van der Waals surface area contributed by atoms with Crippen LogP contribution >= 0.6 is 11.8 Å². The van der Waals surface area contributed by atoms with E-state index in [9.17, 15) is 4.79 Å². The van der Waals surface area contributed by atoms with Crippen LogP contribution in [0.15, 0.2) is 78.9 Å². The number of ether oxygens (including phenoxy) is 1. The standard InChI is InChI=1S/C24H20N2O2S/c1-28-20-14-8-6-12-18(20)24-26(21(27)15-29-24)23-17-11-5-7-13-19(17)25-22(23)16-9-3-2-4-10-16/h2-14,24-25H,15H2,1H3. The van der Waals surface area contributed by atoms with Crippen LogP contribution in [0, 0.1) is 0 Å². The number of benzene rings is 3. The van der Waals surface area contributed by atoms with Gasteiger partial charge in [0.2, 0.25) is 5.91 Å². The topological polar surface area (TPSA) is 45.3 Å². The molecule has 4 aromatic rings. The van der Waals surface area contributed by atoms with Gasteiger partial charge < -0.3 is 9.72 Å². The van der Waals surface area contributed by atoms with Crippen molar-refractivity contribution in [2.75, 3.05) is 17.8 Å². The molecule has 0 spiro atoms. The second-order valence-electron chi connectivity index (χ2n) is 6.93. The molecule has 1 fully saturated rings. The zero-order valence-electron chi connectivity index (χ0n) is 16.0. The van der Waals surface area contributed by atoms with Gasteiger partial charge >= 0.3 is 0 Å². The number of carbonyl (C=O) groups is 1. The van der Waals surface area contributed by atoms with Gasteiger partial charge in [0.25, 0.3) is 0 Å². The highest BCUT2D eigenvalue weighted by atomic mass is 32.2. The van der Waals surface area contributed by atoms with E-state index in [0.717, 1.165) is 39.2 Å². The number of thioether (sulfide) groups is 1. The molecular formula is C24H20N2O2S. The number of fused-ring (bicyclic) bond motifs is 1. The predicted octanol–water partition coefficient (Wildman–Crippen LogP) is 5.62. The van der Waals surface area contributed by atoms with E-state index in [4.69, 9.17) is 4.74 Å². The fraction of sp³-hybridized carbons (Fsp3) is 0.125. The molecule has 3 aromatic carbocycles. The highest BCUT2D eigenvalue weighted by Gasteiger charge is 2.38. The summed E-state index contributed by atoms with van der Waals surface area (Å²) in [5.41, 5.74) is 4.97. The Kier molecular flexibility index (Phi) is 4.52. The van der Waals surface area contributed by atoms with E-state index in [1.54, 1.807) is 18.9 Å². The van der Waals surface area contributed by atoms with Crippen LogP contribution < -0.4 is 9.64 Å². The smallest absolute Gasteiger partial charge is 0.238 e. The molecule has 1 aliphatic rings. The zero-order valence-corrected chi connectivity index (χ0v) is 16.8. The number of methoxy groups -OCH3 is 1. The van der Waals surface area contributed by atoms with Crippen molar-refractivity contribution in [1.82, 2.24) is 4.98 Å². The molecule has 4 nitrogen and oxygen atoms in total. The summed E-state index contributed by atoms with van der Waals surface area (Å²) in [6.45, 7) is 0. The lowest BCUT2D eigenvalue weighted by molar-refractivity contribution is -0.115. The lowest BCUT2D eigenvalue weighted by Crippen LogP contribution is -2.28. The molecule has 0 bridgehead atoms. The van der Waals surface area contributed by atoms with Crippen LogP contribution in [0.1, 0.15) is 10.9 Å². The van der Waals surface area contributed by atoms with Crippen molar-refractivity contribution in [3.05, 3.63) is 84.4 Å². The number of hydrogen-bond acceptors (Lipinski definition) is 3. The Balaban J connectivity index is 1.74. The minimum atomic E-state index is -0.139. The van der Waals surface area contributed by atoms with Crippen LogP contribution in [0.2, 0.25) is 0 Å². The number of anilines is 1. The Morgan fingerprint density at radius 3 is 2.52 bits per heavy atom. The maximum absolute atomic E-state index is 13.1. The minimum absolute atomic E-state index is 0.104. The summed E-state index contributed by atoms with van der Waals surface area (Å²) in [7, 11) is 1.67. The van der Waals surface area contributed by atoms with Gasteiger partial charge in [-0.05, 0) is 12.1 Å². The third kappa shape index (κ3) is 2.98. The Bertz CT molecular complexity index is 1190. The number of aromatic amines is 1. The molecule has 0 saturated carbocycles. The molecule has 1 amide bonds. The van der Waals surface area contributed by atoms with E-state index in [-0.39, 0.29) is 11.3 Å². The molecule has 0 radical (unpaired) electrons. The number of carbonyl (C=O) groups excluding carboxylic acids is 1. The highest BCUT2D eigenvalue weighted by molar-refractivity contribution is 8.00. The fourth-order valence-electron chi connectivity index (χ4n) is 3.96. The maximum Gasteiger partial charge on any atom is 0.238 e. The number of amides is 1. The molecule has 1 atom stereocenters. The zero-order chi connectivity index (χ0) is 19.8. The van der Waals surface area contributed by atoms with Crippen LogP contribution in [-0.4, -0.2) is 23.8 Å². The van der Waals surface area contributed by atoms with Crippen LogP contribution in [0.25, 0.3) is 22.2 Å². The van der Waals surface area contributed by atoms with Gasteiger partial charge in [-0.15, -0.1) is 11.8 Å². The van der Waals surface area contributed by atoms with Crippen LogP contribution in [0.4, 0.5) is 5.69 Å². The lowest BCUT2D eigenvalue weighted by Gasteiger charge is -2.26. The van der Waals surface area contributed by atoms with Crippen LogP contribution in [0.5, 0.6) is 5.75 Å². The van der Waals surface area contributed by atoms with E-state index in [2.05, 4.69) is 29.2 Å². The SMILES string of the molecule is COc1ccccc1C1SCC(=O)N1c1c(-c2ccccc2)[nH]c2ccccc12. The van der Waals surface area contributed by atoms with E-state index >= 15 is 0 Å². The Morgan fingerprint density at radius 1 is 0.966 bits per heavy atom. The van der Waals surface area contributed by atoms with Gasteiger partial charge in [0.1, 0.15) is 11.1 Å². The Labute approximate surface area is 173 Å². The van der Waals surface area contributed by atoms with E-state index in [0.29, 0.717) is 5.75 Å². The molecule has 1 N–H and O–H groups in total. The monoisotopic (exact) mass is 400 g/mol. The molecule has 1 unspecified atom stereocenters. The Morgan fingerprint density at radius 2 is 1.69 bits per heavy atom. The molecule has 0 aliphatic carbocycles. The molecule has 144 valence electrons. The van der Waals surface area contributed by atoms with E-state index in [1.165, 1.54) is 0 Å². The van der Waals surface area contributed by atoms with Crippen molar-refractivity contribution in [1.29, 1.82) is 0 Å². The van der Waals surface area contributed by atoms with Crippen molar-refractivity contribution in [3.8, 4) is 17.0 Å². The van der Waals surface area contributed by atoms with Gasteiger partial charge in [-0.1, -0.05) is 66.7 Å². The number of aromatic nitrogens is 1.